The molecule has 0 aromatic carbocycles. The van der Waals surface area contributed by atoms with E-state index in [1.807, 2.05) is 26.6 Å². The highest BCUT2D eigenvalue weighted by Gasteiger charge is 2.32. The molecule has 0 N–H and O–H groups in total. The summed E-state index contributed by atoms with van der Waals surface area (Å²) in [6.07, 6.45) is -2.99. The van der Waals surface area contributed by atoms with Crippen LogP contribution in [0.1, 0.15) is 13.3 Å². The number of hydrogen-bond acceptors (Lipinski definition) is 2. The van der Waals surface area contributed by atoms with E-state index in [4.69, 9.17) is 4.52 Å². The molecule has 0 amide bonds. The van der Waals surface area contributed by atoms with Crippen molar-refractivity contribution in [3.8, 4) is 0 Å². The van der Waals surface area contributed by atoms with E-state index in [9.17, 15) is 13.2 Å². The summed E-state index contributed by atoms with van der Waals surface area (Å²) in [5.74, 6) is -2.41. The van der Waals surface area contributed by atoms with Gasteiger partial charge in [-0.25, -0.2) is 0 Å². The molecule has 0 aliphatic rings. The molecule has 0 aromatic heterocycles. The molecule has 0 rings (SSSR count). The van der Waals surface area contributed by atoms with Gasteiger partial charge in [0.05, 0.1) is 0 Å². The Morgan fingerprint density at radius 1 is 1.31 bits per heavy atom. The summed E-state index contributed by atoms with van der Waals surface area (Å²) in [5.41, 5.74) is 0. The molecule has 1 unspecified atom stereocenters. The second-order valence-electron chi connectivity index (χ2n) is 4.50. The van der Waals surface area contributed by atoms with E-state index >= 15 is 0 Å². The van der Waals surface area contributed by atoms with Crippen molar-refractivity contribution < 1.29 is 17.7 Å². The van der Waals surface area contributed by atoms with Crippen molar-refractivity contribution in [2.45, 2.75) is 39.2 Å². The van der Waals surface area contributed by atoms with Crippen LogP contribution in [-0.2, 0) is 4.52 Å². The molecule has 98 valence electrons. The first-order valence-electron chi connectivity index (χ1n) is 5.01. The van der Waals surface area contributed by atoms with Gasteiger partial charge in [-0.15, -0.1) is 0 Å². The Bertz CT molecular complexity index is 277. The molecule has 0 aliphatic heterocycles. The predicted molar refractivity (Wildman–Crippen MR) is 68.8 cm³/mol. The molecular weight excluding hydrogens is 322 g/mol. The van der Waals surface area contributed by atoms with Crippen LogP contribution >= 0.6 is 21.5 Å². The number of nitrogens with zero attached hydrogens (tertiary/aromatic N) is 1. The van der Waals surface area contributed by atoms with Gasteiger partial charge in [0.15, 0.2) is 8.24 Å². The Labute approximate surface area is 104 Å². The van der Waals surface area contributed by atoms with Gasteiger partial charge in [0.1, 0.15) is 12.6 Å². The van der Waals surface area contributed by atoms with E-state index < -0.39 is 27.0 Å². The van der Waals surface area contributed by atoms with Crippen LogP contribution in [-0.4, -0.2) is 27.2 Å². The number of halogens is 4. The molecule has 0 aliphatic carbocycles. The van der Waals surface area contributed by atoms with Gasteiger partial charge in [0.25, 0.3) is 0 Å². The van der Waals surface area contributed by atoms with E-state index in [0.717, 1.165) is 6.42 Å². The van der Waals surface area contributed by atoms with Crippen LogP contribution in [0.4, 0.5) is 13.2 Å². The van der Waals surface area contributed by atoms with Gasteiger partial charge >= 0.3 is 6.18 Å². The van der Waals surface area contributed by atoms with Gasteiger partial charge in [-0.3, -0.25) is 0 Å². The van der Waals surface area contributed by atoms with Gasteiger partial charge in [0.2, 0.25) is 0 Å². The molecule has 0 aromatic rings. The second kappa shape index (κ2) is 6.02. The minimum atomic E-state index is -4.29. The molecule has 2 nitrogen and oxygen atoms in total. The smallest absolute Gasteiger partial charge is 0.327 e. The van der Waals surface area contributed by atoms with Crippen molar-refractivity contribution >= 4 is 29.7 Å². The van der Waals surface area contributed by atoms with Crippen LogP contribution in [0, 0.1) is 0 Å². The zero-order valence-electron chi connectivity index (χ0n) is 9.94. The van der Waals surface area contributed by atoms with Crippen LogP contribution < -0.4 is 0 Å². The molecule has 0 bridgehead atoms. The normalized spacial score (nSPS) is 17.0. The summed E-state index contributed by atoms with van der Waals surface area (Å²) >= 11 is 3.29. The molecule has 0 radical (unpaired) electrons. The number of alkyl halides is 3. The molecule has 0 fully saturated rings. The Morgan fingerprint density at radius 3 is 2.12 bits per heavy atom. The molecule has 8 heteroatoms. The SMILES string of the molecule is CCCP(Br)(=N[Si](C)(C)C)OCC(F)(F)F. The van der Waals surface area contributed by atoms with E-state index in [1.165, 1.54) is 0 Å². The standard InChI is InChI=1S/C8H18BrF3NOPSi/c1-5-6-15(9,13-16(2,3)4)14-7-8(10,11)12/h5-7H2,1-4H3. The summed E-state index contributed by atoms with van der Waals surface area (Å²) in [5, 5.41) is 0. The first-order valence-corrected chi connectivity index (χ1v) is 12.3. The summed E-state index contributed by atoms with van der Waals surface area (Å²) in [4.78, 5) is 0. The fourth-order valence-corrected chi connectivity index (χ4v) is 11.9. The van der Waals surface area contributed by atoms with E-state index in [0.29, 0.717) is 6.16 Å². The molecular formula is C8H18BrF3NOPSi. The summed E-state index contributed by atoms with van der Waals surface area (Å²) < 4.78 is 45.8. The molecule has 16 heavy (non-hydrogen) atoms. The zero-order valence-corrected chi connectivity index (χ0v) is 13.4. The Hall–Kier alpha value is 0.677. The summed E-state index contributed by atoms with van der Waals surface area (Å²) in [6, 6.07) is 0. The molecule has 0 heterocycles. The van der Waals surface area contributed by atoms with Gasteiger partial charge < -0.3 is 8.93 Å². The van der Waals surface area contributed by atoms with Crippen molar-refractivity contribution in [1.82, 2.24) is 0 Å². The summed E-state index contributed by atoms with van der Waals surface area (Å²) in [7, 11) is -1.79. The van der Waals surface area contributed by atoms with Crippen LogP contribution in [0.2, 0.25) is 19.6 Å². The Balaban J connectivity index is 4.78. The Kier molecular flexibility index (Phi) is 6.28. The first-order chi connectivity index (χ1) is 6.97. The van der Waals surface area contributed by atoms with Crippen molar-refractivity contribution in [3.63, 3.8) is 0 Å². The van der Waals surface area contributed by atoms with Gasteiger partial charge in [-0.1, -0.05) is 6.92 Å². The lowest BCUT2D eigenvalue weighted by atomic mass is 10.6. The highest BCUT2D eigenvalue weighted by Crippen LogP contribution is 2.60. The fourth-order valence-electron chi connectivity index (χ4n) is 1.04. The number of rotatable bonds is 5. The van der Waals surface area contributed by atoms with Crippen LogP contribution in [0.25, 0.3) is 0 Å². The van der Waals surface area contributed by atoms with Crippen LogP contribution in [0.5, 0.6) is 0 Å². The minimum absolute atomic E-state index is 0.549. The zero-order chi connectivity index (χ0) is 13.0. The molecule has 0 saturated heterocycles. The maximum atomic E-state index is 12.1. The van der Waals surface area contributed by atoms with Crippen LogP contribution in [0.3, 0.4) is 0 Å². The van der Waals surface area contributed by atoms with Gasteiger partial charge in [-0.2, -0.15) is 13.2 Å². The third-order valence-electron chi connectivity index (χ3n) is 1.37. The van der Waals surface area contributed by atoms with Crippen molar-refractivity contribution in [2.75, 3.05) is 12.8 Å². The molecule has 0 spiro atoms. The Morgan fingerprint density at radius 2 is 1.81 bits per heavy atom. The molecule has 1 atom stereocenters. The van der Waals surface area contributed by atoms with E-state index in [1.54, 1.807) is 0 Å². The predicted octanol–water partition coefficient (Wildman–Crippen LogP) is 5.24. The average molecular weight is 340 g/mol. The van der Waals surface area contributed by atoms with Crippen molar-refractivity contribution in [3.05, 3.63) is 0 Å². The maximum absolute atomic E-state index is 12.1. The van der Waals surface area contributed by atoms with E-state index in [2.05, 4.69) is 19.9 Å². The minimum Gasteiger partial charge on any atom is -0.327 e. The first kappa shape index (κ1) is 16.7. The van der Waals surface area contributed by atoms with Crippen molar-refractivity contribution in [2.24, 2.45) is 4.41 Å². The maximum Gasteiger partial charge on any atom is 0.412 e. The van der Waals surface area contributed by atoms with Gasteiger partial charge in [-0.05, 0) is 41.6 Å². The van der Waals surface area contributed by atoms with Crippen LogP contribution in [0.15, 0.2) is 4.41 Å². The fraction of sp³-hybridized carbons (Fsp3) is 1.00. The highest BCUT2D eigenvalue weighted by atomic mass is 79.9. The lowest BCUT2D eigenvalue weighted by Crippen LogP contribution is -2.19. The highest BCUT2D eigenvalue weighted by molar-refractivity contribution is 9.40. The lowest BCUT2D eigenvalue weighted by molar-refractivity contribution is -0.152. The average Bonchev–Trinajstić information content (AvgIpc) is 1.96. The second-order valence-corrected chi connectivity index (χ2v) is 14.9. The topological polar surface area (TPSA) is 21.6 Å². The van der Waals surface area contributed by atoms with Crippen molar-refractivity contribution in [1.29, 1.82) is 0 Å². The third kappa shape index (κ3) is 8.79. The molecule has 0 saturated carbocycles. The third-order valence-corrected chi connectivity index (χ3v) is 9.60. The largest absolute Gasteiger partial charge is 0.412 e. The van der Waals surface area contributed by atoms with E-state index in [-0.39, 0.29) is 0 Å². The monoisotopic (exact) mass is 339 g/mol. The number of hydrogen-bond donors (Lipinski definition) is 0. The quantitative estimate of drug-likeness (QED) is 0.496. The summed E-state index contributed by atoms with van der Waals surface area (Å²) in [6.45, 7) is 6.63. The lowest BCUT2D eigenvalue weighted by Gasteiger charge is -2.23. The van der Waals surface area contributed by atoms with Gasteiger partial charge in [0, 0.05) is 6.16 Å².